The van der Waals surface area contributed by atoms with Crippen molar-refractivity contribution in [2.45, 2.75) is 38.4 Å². The van der Waals surface area contributed by atoms with E-state index in [-0.39, 0.29) is 5.92 Å². The summed E-state index contributed by atoms with van der Waals surface area (Å²) in [7, 11) is 0. The van der Waals surface area contributed by atoms with Gasteiger partial charge in [0.15, 0.2) is 12.4 Å². The zero-order valence-electron chi connectivity index (χ0n) is 8.57. The fraction of sp³-hybridized carbons (Fsp3) is 0.889. The second-order valence-electron chi connectivity index (χ2n) is 4.09. The highest BCUT2D eigenvalue weighted by Gasteiger charge is 2.48. The molecule has 0 aromatic heterocycles. The normalized spacial score (nSPS) is 41.9. The van der Waals surface area contributed by atoms with Gasteiger partial charge in [-0.3, -0.25) is 0 Å². The van der Waals surface area contributed by atoms with E-state index in [9.17, 15) is 20.1 Å². The van der Waals surface area contributed by atoms with Crippen LogP contribution in [0.5, 0.6) is 0 Å². The molecule has 1 saturated heterocycles. The maximum absolute atomic E-state index is 10.8. The minimum atomic E-state index is -1.66. The molecule has 1 fully saturated rings. The summed E-state index contributed by atoms with van der Waals surface area (Å²) in [6.45, 7) is 3.44. The molecule has 0 aliphatic carbocycles. The molecule has 4 N–H and O–H groups in total. The first-order valence-electron chi connectivity index (χ1n) is 4.78. The molecule has 1 rings (SSSR count). The lowest BCUT2D eigenvalue weighted by molar-refractivity contribution is -0.273. The lowest BCUT2D eigenvalue weighted by Crippen LogP contribution is -2.58. The number of carboxylic acids is 1. The Morgan fingerprint density at radius 3 is 2.13 bits per heavy atom. The third-order valence-electron chi connectivity index (χ3n) is 2.69. The van der Waals surface area contributed by atoms with Gasteiger partial charge in [0.25, 0.3) is 0 Å². The van der Waals surface area contributed by atoms with Gasteiger partial charge in [0, 0.05) is 5.92 Å². The number of rotatable bonds is 2. The van der Waals surface area contributed by atoms with Crippen molar-refractivity contribution < 1.29 is 30.0 Å². The number of ether oxygens (including phenoxy) is 1. The molecule has 0 bridgehead atoms. The van der Waals surface area contributed by atoms with E-state index in [1.165, 1.54) is 0 Å². The summed E-state index contributed by atoms with van der Waals surface area (Å²) in [6.07, 6.45) is -5.71. The lowest BCUT2D eigenvalue weighted by Gasteiger charge is -2.40. The van der Waals surface area contributed by atoms with Crippen molar-refractivity contribution >= 4 is 5.97 Å². The van der Waals surface area contributed by atoms with Crippen molar-refractivity contribution in [2.24, 2.45) is 11.8 Å². The van der Waals surface area contributed by atoms with Crippen molar-refractivity contribution in [3.8, 4) is 0 Å². The van der Waals surface area contributed by atoms with Gasteiger partial charge in [-0.1, -0.05) is 13.8 Å². The molecule has 88 valence electrons. The van der Waals surface area contributed by atoms with Gasteiger partial charge >= 0.3 is 5.97 Å². The van der Waals surface area contributed by atoms with E-state index in [0.717, 1.165) is 0 Å². The zero-order chi connectivity index (χ0) is 11.7. The van der Waals surface area contributed by atoms with Gasteiger partial charge < -0.3 is 25.2 Å². The molecule has 0 aromatic carbocycles. The van der Waals surface area contributed by atoms with E-state index in [0.29, 0.717) is 0 Å². The summed E-state index contributed by atoms with van der Waals surface area (Å²) in [5, 5.41) is 37.0. The Morgan fingerprint density at radius 1 is 1.20 bits per heavy atom. The summed E-state index contributed by atoms with van der Waals surface area (Å²) in [6, 6.07) is 0. The van der Waals surface area contributed by atoms with Crippen molar-refractivity contribution in [3.05, 3.63) is 0 Å². The molecule has 0 aromatic rings. The molecule has 5 atom stereocenters. The summed E-state index contributed by atoms with van der Waals surface area (Å²) < 4.78 is 4.75. The molecule has 1 aliphatic rings. The second kappa shape index (κ2) is 4.44. The highest BCUT2D eigenvalue weighted by atomic mass is 16.6. The Kier molecular flexibility index (Phi) is 3.67. The van der Waals surface area contributed by atoms with E-state index in [2.05, 4.69) is 0 Å². The molecule has 0 saturated carbocycles. The Morgan fingerprint density at radius 2 is 1.73 bits per heavy atom. The van der Waals surface area contributed by atoms with Crippen LogP contribution in [0.4, 0.5) is 0 Å². The van der Waals surface area contributed by atoms with Crippen LogP contribution in [0.3, 0.4) is 0 Å². The quantitative estimate of drug-likeness (QED) is 0.465. The fourth-order valence-corrected chi connectivity index (χ4v) is 1.86. The molecule has 5 unspecified atom stereocenters. The second-order valence-corrected chi connectivity index (χ2v) is 4.09. The van der Waals surface area contributed by atoms with Crippen LogP contribution in [-0.2, 0) is 9.53 Å². The minimum Gasteiger partial charge on any atom is -0.479 e. The van der Waals surface area contributed by atoms with Gasteiger partial charge in [0.1, 0.15) is 6.10 Å². The highest BCUT2D eigenvalue weighted by Crippen LogP contribution is 2.30. The van der Waals surface area contributed by atoms with Crippen LogP contribution in [0.1, 0.15) is 13.8 Å². The Bertz CT molecular complexity index is 241. The lowest BCUT2D eigenvalue weighted by atomic mass is 9.81. The predicted octanol–water partition coefficient (Wildman–Crippen LogP) is -1.22. The van der Waals surface area contributed by atoms with Crippen LogP contribution in [0.15, 0.2) is 0 Å². The summed E-state index contributed by atoms with van der Waals surface area (Å²) in [5.74, 6) is -2.16. The minimum absolute atomic E-state index is 0.178. The summed E-state index contributed by atoms with van der Waals surface area (Å²) in [5.41, 5.74) is 0. The van der Waals surface area contributed by atoms with Gasteiger partial charge in [0.2, 0.25) is 0 Å². The monoisotopic (exact) mass is 220 g/mol. The van der Waals surface area contributed by atoms with Crippen molar-refractivity contribution in [3.63, 3.8) is 0 Å². The van der Waals surface area contributed by atoms with Crippen LogP contribution >= 0.6 is 0 Å². The van der Waals surface area contributed by atoms with Gasteiger partial charge in [-0.2, -0.15) is 0 Å². The Labute approximate surface area is 87.1 Å². The average Bonchev–Trinajstić information content (AvgIpc) is 2.12. The van der Waals surface area contributed by atoms with Crippen molar-refractivity contribution in [1.29, 1.82) is 0 Å². The number of hydrogen-bond donors (Lipinski definition) is 4. The fourth-order valence-electron chi connectivity index (χ4n) is 1.86. The number of carboxylic acid groups (broad SMARTS) is 1. The first-order chi connectivity index (χ1) is 6.86. The van der Waals surface area contributed by atoms with Crippen LogP contribution in [0, 0.1) is 11.8 Å². The van der Waals surface area contributed by atoms with Crippen LogP contribution in [0.25, 0.3) is 0 Å². The molecule has 1 aliphatic heterocycles. The number of hydrogen-bond acceptors (Lipinski definition) is 5. The first kappa shape index (κ1) is 12.4. The molecule has 6 nitrogen and oxygen atoms in total. The van der Waals surface area contributed by atoms with Gasteiger partial charge in [-0.15, -0.1) is 0 Å². The van der Waals surface area contributed by atoms with Gasteiger partial charge in [0.05, 0.1) is 6.10 Å². The molecule has 0 radical (unpaired) electrons. The molecule has 0 amide bonds. The number of aliphatic carboxylic acids is 1. The topological polar surface area (TPSA) is 107 Å². The van der Waals surface area contributed by atoms with E-state index in [1.807, 2.05) is 0 Å². The third kappa shape index (κ3) is 2.28. The van der Waals surface area contributed by atoms with Crippen LogP contribution in [-0.4, -0.2) is 51.0 Å². The summed E-state index contributed by atoms with van der Waals surface area (Å²) >= 11 is 0. The predicted molar refractivity (Wildman–Crippen MR) is 48.9 cm³/mol. The van der Waals surface area contributed by atoms with Crippen molar-refractivity contribution in [2.75, 3.05) is 0 Å². The maximum atomic E-state index is 10.8. The van der Waals surface area contributed by atoms with Crippen molar-refractivity contribution in [1.82, 2.24) is 0 Å². The molecule has 0 spiro atoms. The van der Waals surface area contributed by atoms with Crippen LogP contribution in [0.2, 0.25) is 0 Å². The number of carbonyl (C=O) groups is 1. The molecular weight excluding hydrogens is 204 g/mol. The van der Waals surface area contributed by atoms with E-state index < -0.39 is 36.5 Å². The zero-order valence-corrected chi connectivity index (χ0v) is 8.57. The molecule has 15 heavy (non-hydrogen) atoms. The molecule has 1 heterocycles. The smallest absolute Gasteiger partial charge is 0.333 e. The van der Waals surface area contributed by atoms with E-state index in [1.54, 1.807) is 13.8 Å². The van der Waals surface area contributed by atoms with E-state index >= 15 is 0 Å². The largest absolute Gasteiger partial charge is 0.479 e. The number of aliphatic hydroxyl groups excluding tert-OH is 3. The number of aliphatic hydroxyl groups is 3. The van der Waals surface area contributed by atoms with Gasteiger partial charge in [-0.25, -0.2) is 4.79 Å². The highest BCUT2D eigenvalue weighted by molar-refractivity contribution is 5.73. The third-order valence-corrected chi connectivity index (χ3v) is 2.69. The first-order valence-corrected chi connectivity index (χ1v) is 4.78. The SMILES string of the molecule is CC(C)C1C(C(=O)O)OC(O)C(O)C1O. The van der Waals surface area contributed by atoms with Crippen LogP contribution < -0.4 is 0 Å². The molecule has 6 heteroatoms. The standard InChI is InChI=1S/C9H16O6/c1-3(2)4-5(10)6(11)9(14)15-7(4)8(12)13/h3-7,9-11,14H,1-2H3,(H,12,13). The Balaban J connectivity index is 2.91. The molecular formula is C9H16O6. The van der Waals surface area contributed by atoms with Gasteiger partial charge in [-0.05, 0) is 5.92 Å². The summed E-state index contributed by atoms with van der Waals surface area (Å²) in [4.78, 5) is 10.8. The van der Waals surface area contributed by atoms with E-state index in [4.69, 9.17) is 9.84 Å². The maximum Gasteiger partial charge on any atom is 0.333 e. The average molecular weight is 220 g/mol. The Hall–Kier alpha value is -0.690.